The Labute approximate surface area is 124 Å². The molecule has 1 saturated heterocycles. The average Bonchev–Trinajstić information content (AvgIpc) is 2.48. The van der Waals surface area contributed by atoms with Gasteiger partial charge >= 0.3 is 12.0 Å². The molecule has 1 atom stereocenters. The average molecular weight is 296 g/mol. The van der Waals surface area contributed by atoms with Crippen molar-refractivity contribution in [2.24, 2.45) is 5.73 Å². The molecule has 2 heterocycles. The molecule has 4 N–H and O–H groups in total. The molecule has 0 aromatic rings. The molecule has 0 radical (unpaired) electrons. The first kappa shape index (κ1) is 15.8. The van der Waals surface area contributed by atoms with Crippen molar-refractivity contribution in [3.8, 4) is 0 Å². The third kappa shape index (κ3) is 3.95. The number of likely N-dealkylation sites (tertiary alicyclic amines) is 1. The van der Waals surface area contributed by atoms with Gasteiger partial charge in [-0.3, -0.25) is 4.90 Å². The third-order valence-corrected chi connectivity index (χ3v) is 3.96. The highest BCUT2D eigenvalue weighted by atomic mass is 16.5. The molecule has 2 aliphatic heterocycles. The molecule has 2 aliphatic rings. The van der Waals surface area contributed by atoms with E-state index in [9.17, 15) is 9.59 Å². The molecule has 0 saturated carbocycles. The van der Waals surface area contributed by atoms with Crippen molar-refractivity contribution in [1.82, 2.24) is 15.5 Å². The largest absolute Gasteiger partial charge is 0.463 e. The Morgan fingerprint density at radius 2 is 2.29 bits per heavy atom. The van der Waals surface area contributed by atoms with Gasteiger partial charge in [0, 0.05) is 24.8 Å². The molecular weight excluding hydrogens is 272 g/mol. The molecular formula is C14H24N4O3. The zero-order chi connectivity index (χ0) is 15.2. The molecule has 118 valence electrons. The second-order valence-electron chi connectivity index (χ2n) is 5.34. The lowest BCUT2D eigenvalue weighted by Crippen LogP contribution is -2.50. The van der Waals surface area contributed by atoms with Crippen molar-refractivity contribution in [2.75, 3.05) is 32.8 Å². The van der Waals surface area contributed by atoms with Crippen LogP contribution in [0.25, 0.3) is 0 Å². The first-order chi connectivity index (χ1) is 10.2. The van der Waals surface area contributed by atoms with E-state index >= 15 is 0 Å². The van der Waals surface area contributed by atoms with Gasteiger partial charge in [0.15, 0.2) is 0 Å². The number of urea groups is 1. The minimum Gasteiger partial charge on any atom is -0.463 e. The lowest BCUT2D eigenvalue weighted by Gasteiger charge is -2.36. The maximum Gasteiger partial charge on any atom is 0.337 e. The quantitative estimate of drug-likeness (QED) is 0.617. The number of carbonyl (C=O) groups excluding carboxylic acids is 2. The highest BCUT2D eigenvalue weighted by Crippen LogP contribution is 2.19. The van der Waals surface area contributed by atoms with Crippen molar-refractivity contribution in [2.45, 2.75) is 32.2 Å². The summed E-state index contributed by atoms with van der Waals surface area (Å²) in [5.74, 6) is -0.374. The van der Waals surface area contributed by atoms with E-state index < -0.39 is 0 Å². The lowest BCUT2D eigenvalue weighted by atomic mass is 10.0. The van der Waals surface area contributed by atoms with Crippen LogP contribution in [0.3, 0.4) is 0 Å². The summed E-state index contributed by atoms with van der Waals surface area (Å²) in [6.45, 7) is 4.35. The smallest absolute Gasteiger partial charge is 0.337 e. The van der Waals surface area contributed by atoms with Crippen LogP contribution in [0.5, 0.6) is 0 Å². The van der Waals surface area contributed by atoms with Crippen molar-refractivity contribution >= 4 is 12.0 Å². The minimum atomic E-state index is -0.374. The van der Waals surface area contributed by atoms with E-state index in [0.29, 0.717) is 37.0 Å². The Morgan fingerprint density at radius 3 is 3.00 bits per heavy atom. The number of nitrogens with zero attached hydrogens (tertiary/aromatic N) is 1. The summed E-state index contributed by atoms with van der Waals surface area (Å²) in [5.41, 5.74) is 6.95. The van der Waals surface area contributed by atoms with Gasteiger partial charge in [0.05, 0.1) is 18.7 Å². The van der Waals surface area contributed by atoms with E-state index in [1.807, 2.05) is 0 Å². The second-order valence-corrected chi connectivity index (χ2v) is 5.34. The number of piperidine rings is 1. The Hall–Kier alpha value is -1.60. The van der Waals surface area contributed by atoms with E-state index in [0.717, 1.165) is 19.4 Å². The van der Waals surface area contributed by atoms with Crippen LogP contribution < -0.4 is 16.4 Å². The van der Waals surface area contributed by atoms with Crippen LogP contribution in [0.1, 0.15) is 26.2 Å². The number of nitrogens with one attached hydrogen (secondary N) is 2. The third-order valence-electron chi connectivity index (χ3n) is 3.96. The number of amides is 2. The minimum absolute atomic E-state index is 0.209. The molecule has 0 aliphatic carbocycles. The summed E-state index contributed by atoms with van der Waals surface area (Å²) in [4.78, 5) is 25.8. The Bertz CT molecular complexity index is 436. The van der Waals surface area contributed by atoms with Crippen molar-refractivity contribution in [3.05, 3.63) is 11.3 Å². The van der Waals surface area contributed by atoms with Gasteiger partial charge in [-0.05, 0) is 26.3 Å². The van der Waals surface area contributed by atoms with E-state index in [4.69, 9.17) is 10.5 Å². The zero-order valence-corrected chi connectivity index (χ0v) is 12.5. The fraction of sp³-hybridized carbons (Fsp3) is 0.714. The van der Waals surface area contributed by atoms with Crippen LogP contribution >= 0.6 is 0 Å². The standard InChI is InChI=1S/C14H24N4O3/c1-2-21-13(19)11-8-16-14(20)17-12(11)9-18-6-4-3-5-10(18)7-15/h10H,2-9,15H2,1H3,(H2,16,17,20). The number of ether oxygens (including phenoxy) is 1. The number of nitrogens with two attached hydrogens (primary N) is 1. The molecule has 0 aromatic heterocycles. The first-order valence-corrected chi connectivity index (χ1v) is 7.53. The molecule has 0 aromatic carbocycles. The normalized spacial score (nSPS) is 23.5. The predicted molar refractivity (Wildman–Crippen MR) is 78.5 cm³/mol. The molecule has 1 unspecified atom stereocenters. The zero-order valence-electron chi connectivity index (χ0n) is 12.5. The molecule has 2 amide bonds. The van der Waals surface area contributed by atoms with E-state index in [2.05, 4.69) is 15.5 Å². The Morgan fingerprint density at radius 1 is 1.48 bits per heavy atom. The van der Waals surface area contributed by atoms with Crippen LogP contribution in [0.2, 0.25) is 0 Å². The molecule has 0 spiro atoms. The topological polar surface area (TPSA) is 96.7 Å². The molecule has 2 rings (SSSR count). The fourth-order valence-electron chi connectivity index (χ4n) is 2.82. The summed E-state index contributed by atoms with van der Waals surface area (Å²) >= 11 is 0. The van der Waals surface area contributed by atoms with E-state index in [1.165, 1.54) is 6.42 Å². The van der Waals surface area contributed by atoms with Gasteiger partial charge in [-0.1, -0.05) is 6.42 Å². The maximum absolute atomic E-state index is 12.0. The maximum atomic E-state index is 12.0. The Balaban J connectivity index is 2.14. The first-order valence-electron chi connectivity index (χ1n) is 7.53. The van der Waals surface area contributed by atoms with Gasteiger partial charge in [-0.2, -0.15) is 0 Å². The summed E-state index contributed by atoms with van der Waals surface area (Å²) in [6.07, 6.45) is 3.35. The predicted octanol–water partition coefficient (Wildman–Crippen LogP) is -0.0704. The molecule has 7 nitrogen and oxygen atoms in total. The number of hydrogen-bond donors (Lipinski definition) is 3. The van der Waals surface area contributed by atoms with Gasteiger partial charge in [0.2, 0.25) is 0 Å². The molecule has 21 heavy (non-hydrogen) atoms. The van der Waals surface area contributed by atoms with Crippen LogP contribution in [-0.4, -0.2) is 55.7 Å². The van der Waals surface area contributed by atoms with E-state index in [-0.39, 0.29) is 18.5 Å². The van der Waals surface area contributed by atoms with Gasteiger partial charge in [-0.25, -0.2) is 9.59 Å². The van der Waals surface area contributed by atoms with Gasteiger partial charge in [0.25, 0.3) is 0 Å². The number of esters is 1. The van der Waals surface area contributed by atoms with E-state index in [1.54, 1.807) is 6.92 Å². The monoisotopic (exact) mass is 296 g/mol. The number of rotatable bonds is 5. The summed E-state index contributed by atoms with van der Waals surface area (Å²) in [5, 5.41) is 5.36. The summed E-state index contributed by atoms with van der Waals surface area (Å²) in [7, 11) is 0. The van der Waals surface area contributed by atoms with Crippen molar-refractivity contribution in [3.63, 3.8) is 0 Å². The summed E-state index contributed by atoms with van der Waals surface area (Å²) in [6, 6.07) is 0.0286. The van der Waals surface area contributed by atoms with Crippen molar-refractivity contribution in [1.29, 1.82) is 0 Å². The lowest BCUT2D eigenvalue weighted by molar-refractivity contribution is -0.138. The fourth-order valence-corrected chi connectivity index (χ4v) is 2.82. The SMILES string of the molecule is CCOC(=O)C1=C(CN2CCCCC2CN)NC(=O)NC1. The van der Waals surface area contributed by atoms with Crippen LogP contribution in [0.4, 0.5) is 4.79 Å². The van der Waals surface area contributed by atoms with Gasteiger partial charge in [-0.15, -0.1) is 0 Å². The number of hydrogen-bond acceptors (Lipinski definition) is 5. The molecule has 7 heteroatoms. The molecule has 0 bridgehead atoms. The highest BCUT2D eigenvalue weighted by Gasteiger charge is 2.28. The molecule has 1 fully saturated rings. The van der Waals surface area contributed by atoms with Crippen LogP contribution in [0.15, 0.2) is 11.3 Å². The van der Waals surface area contributed by atoms with Gasteiger partial charge < -0.3 is 21.1 Å². The second kappa shape index (κ2) is 7.42. The van der Waals surface area contributed by atoms with Crippen LogP contribution in [-0.2, 0) is 9.53 Å². The van der Waals surface area contributed by atoms with Crippen molar-refractivity contribution < 1.29 is 14.3 Å². The van der Waals surface area contributed by atoms with Gasteiger partial charge in [0.1, 0.15) is 0 Å². The summed E-state index contributed by atoms with van der Waals surface area (Å²) < 4.78 is 5.06. The van der Waals surface area contributed by atoms with Crippen LogP contribution in [0, 0.1) is 0 Å². The number of carbonyl (C=O) groups is 2. The Kier molecular flexibility index (Phi) is 5.58. The highest BCUT2D eigenvalue weighted by molar-refractivity contribution is 5.93.